The number of nitrogens with two attached hydrogens (primary N) is 2. The lowest BCUT2D eigenvalue weighted by Gasteiger charge is -2.36. The van der Waals surface area contributed by atoms with Crippen LogP contribution in [-0.4, -0.2) is 72.0 Å². The van der Waals surface area contributed by atoms with Crippen molar-refractivity contribution in [1.82, 2.24) is 10.2 Å². The molecule has 0 spiro atoms. The van der Waals surface area contributed by atoms with Gasteiger partial charge < -0.3 is 40.1 Å². The number of nitrogens with zero attached hydrogens (tertiary/aromatic N) is 2. The molecule has 1 saturated heterocycles. The van der Waals surface area contributed by atoms with Crippen LogP contribution < -0.4 is 31.9 Å². The minimum absolute atomic E-state index is 0.0124. The zero-order chi connectivity index (χ0) is 25.5. The van der Waals surface area contributed by atoms with E-state index in [2.05, 4.69) is 10.3 Å². The number of ketones is 1. The van der Waals surface area contributed by atoms with Gasteiger partial charge in [-0.15, -0.1) is 0 Å². The molecule has 1 aliphatic carbocycles. The Hall–Kier alpha value is -4.01. The molecule has 0 radical (unpaired) electrons. The SMILES string of the molecule is COc1cc2c(c3oc(=O)c4c(c13)CCC4=O)C1C(O2)OC(N(C=O)C2C(=O)NC(N)=NC2N)C1O. The van der Waals surface area contributed by atoms with Gasteiger partial charge in [-0.05, 0) is 12.0 Å². The third kappa shape index (κ3) is 2.91. The molecule has 4 aliphatic rings. The van der Waals surface area contributed by atoms with Crippen LogP contribution in [0.4, 0.5) is 0 Å². The molecule has 1 aromatic heterocycles. The molecule has 0 saturated carbocycles. The van der Waals surface area contributed by atoms with E-state index >= 15 is 0 Å². The number of fused-ring (bicyclic) bond motifs is 7. The van der Waals surface area contributed by atoms with Gasteiger partial charge in [-0.25, -0.2) is 9.79 Å². The second-order valence-corrected chi connectivity index (χ2v) is 8.88. The number of aliphatic hydroxyl groups is 1. The number of carbonyl (C=O) groups is 3. The Morgan fingerprint density at radius 2 is 2.08 bits per heavy atom. The lowest BCUT2D eigenvalue weighted by Crippen LogP contribution is -2.64. The minimum Gasteiger partial charge on any atom is -0.496 e. The highest BCUT2D eigenvalue weighted by Crippen LogP contribution is 2.52. The summed E-state index contributed by atoms with van der Waals surface area (Å²) >= 11 is 0. The van der Waals surface area contributed by atoms with Gasteiger partial charge >= 0.3 is 5.63 Å². The van der Waals surface area contributed by atoms with Gasteiger partial charge in [0.2, 0.25) is 12.7 Å². The summed E-state index contributed by atoms with van der Waals surface area (Å²) in [6.45, 7) is 0. The fourth-order valence-electron chi connectivity index (χ4n) is 5.52. The van der Waals surface area contributed by atoms with Gasteiger partial charge in [0.05, 0.1) is 24.0 Å². The molecule has 2 aromatic rings. The molecule has 4 heterocycles. The van der Waals surface area contributed by atoms with Crippen molar-refractivity contribution >= 4 is 35.0 Å². The van der Waals surface area contributed by atoms with E-state index in [0.29, 0.717) is 35.1 Å². The lowest BCUT2D eigenvalue weighted by molar-refractivity contribution is -0.166. The van der Waals surface area contributed by atoms with Crippen molar-refractivity contribution in [2.75, 3.05) is 7.11 Å². The van der Waals surface area contributed by atoms with Crippen molar-refractivity contribution in [3.8, 4) is 11.5 Å². The normalized spacial score (nSPS) is 30.2. The van der Waals surface area contributed by atoms with E-state index in [-0.39, 0.29) is 35.1 Å². The maximum absolute atomic E-state index is 12.7. The predicted octanol–water partition coefficient (Wildman–Crippen LogP) is -1.99. The maximum atomic E-state index is 12.7. The summed E-state index contributed by atoms with van der Waals surface area (Å²) in [7, 11) is 1.43. The molecule has 1 aromatic carbocycles. The zero-order valence-corrected chi connectivity index (χ0v) is 18.8. The molecular formula is C22H21N5O9. The first-order valence-electron chi connectivity index (χ1n) is 11.1. The second-order valence-electron chi connectivity index (χ2n) is 8.88. The number of Topliss-reactive ketones (excluding diaryl/α,β-unsaturated/α-hetero) is 1. The third-order valence-electron chi connectivity index (χ3n) is 7.02. The number of benzene rings is 1. The molecule has 188 valence electrons. The number of aliphatic hydroxyl groups excluding tert-OH is 1. The van der Waals surface area contributed by atoms with E-state index < -0.39 is 48.3 Å². The molecule has 6 unspecified atom stereocenters. The molecule has 6 N–H and O–H groups in total. The molecule has 6 atom stereocenters. The first-order chi connectivity index (χ1) is 17.2. The lowest BCUT2D eigenvalue weighted by atomic mass is 9.91. The molecule has 2 amide bonds. The average Bonchev–Trinajstić information content (AvgIpc) is 3.48. The van der Waals surface area contributed by atoms with Gasteiger partial charge in [0.15, 0.2) is 18.0 Å². The summed E-state index contributed by atoms with van der Waals surface area (Å²) in [4.78, 5) is 54.4. The topological polar surface area (TPSA) is 209 Å². The molecule has 14 heteroatoms. The highest BCUT2D eigenvalue weighted by molar-refractivity contribution is 6.06. The molecule has 36 heavy (non-hydrogen) atoms. The minimum atomic E-state index is -1.42. The van der Waals surface area contributed by atoms with Gasteiger partial charge in [0.1, 0.15) is 41.0 Å². The van der Waals surface area contributed by atoms with Crippen LogP contribution in [0.1, 0.15) is 33.8 Å². The second kappa shape index (κ2) is 7.74. The highest BCUT2D eigenvalue weighted by atomic mass is 16.7. The fourth-order valence-corrected chi connectivity index (χ4v) is 5.52. The number of amides is 2. The van der Waals surface area contributed by atoms with Crippen LogP contribution in [0.25, 0.3) is 11.0 Å². The summed E-state index contributed by atoms with van der Waals surface area (Å²) in [5.74, 6) is -1.53. The Labute approximate surface area is 201 Å². The van der Waals surface area contributed by atoms with Crippen LogP contribution in [0.3, 0.4) is 0 Å². The number of rotatable bonds is 4. The van der Waals surface area contributed by atoms with Gasteiger partial charge in [0.25, 0.3) is 5.91 Å². The zero-order valence-electron chi connectivity index (χ0n) is 18.8. The van der Waals surface area contributed by atoms with E-state index in [1.54, 1.807) is 6.07 Å². The highest BCUT2D eigenvalue weighted by Gasteiger charge is 2.56. The molecule has 6 rings (SSSR count). The smallest absolute Gasteiger partial charge is 0.347 e. The summed E-state index contributed by atoms with van der Waals surface area (Å²) in [6, 6.07) is 0.261. The first-order valence-corrected chi connectivity index (χ1v) is 11.1. The van der Waals surface area contributed by atoms with Gasteiger partial charge in [-0.1, -0.05) is 0 Å². The number of nitrogens with one attached hydrogen (secondary N) is 1. The summed E-state index contributed by atoms with van der Waals surface area (Å²) < 4.78 is 22.9. The molecule has 3 aliphatic heterocycles. The number of ether oxygens (including phenoxy) is 3. The Morgan fingerprint density at radius 3 is 2.78 bits per heavy atom. The van der Waals surface area contributed by atoms with Gasteiger partial charge in [-0.2, -0.15) is 0 Å². The average molecular weight is 499 g/mol. The largest absolute Gasteiger partial charge is 0.496 e. The van der Waals surface area contributed by atoms with Crippen LogP contribution in [0.15, 0.2) is 20.3 Å². The first kappa shape index (κ1) is 22.5. The number of hydrogen-bond donors (Lipinski definition) is 4. The van der Waals surface area contributed by atoms with E-state index in [0.717, 1.165) is 4.90 Å². The third-order valence-corrected chi connectivity index (χ3v) is 7.02. The Kier molecular flexibility index (Phi) is 4.83. The Bertz CT molecular complexity index is 1440. The molecule has 1 fully saturated rings. The van der Waals surface area contributed by atoms with E-state index in [1.807, 2.05) is 0 Å². The summed E-state index contributed by atoms with van der Waals surface area (Å²) in [5, 5.41) is 14.0. The number of aryl methyl sites for hydroxylation is 1. The monoisotopic (exact) mass is 499 g/mol. The summed E-state index contributed by atoms with van der Waals surface area (Å²) in [6.07, 6.45) is -4.23. The number of aliphatic imine (C=N–C) groups is 1. The standard InChI is InChI=1S/C22H21N5O9/c1-33-8-4-9-12(16-11(8)6-2-3-7(29)10(6)20(32)35-16)13-15(30)19(36-21(13)34-9)27(5-28)14-17(23)25-22(24)26-18(14)31/h4-5,13-15,17,19,21,30H,2-3,23H2,1H3,(H3,24,25,26,31). The number of guanidine groups is 1. The van der Waals surface area contributed by atoms with Crippen molar-refractivity contribution < 1.29 is 38.1 Å². The Morgan fingerprint density at radius 1 is 1.31 bits per heavy atom. The van der Waals surface area contributed by atoms with E-state index in [9.17, 15) is 24.3 Å². The van der Waals surface area contributed by atoms with Crippen molar-refractivity contribution in [2.45, 2.75) is 49.6 Å². The molecular weight excluding hydrogens is 478 g/mol. The van der Waals surface area contributed by atoms with Crippen molar-refractivity contribution in [3.63, 3.8) is 0 Å². The van der Waals surface area contributed by atoms with Crippen LogP contribution in [0.2, 0.25) is 0 Å². The van der Waals surface area contributed by atoms with Crippen molar-refractivity contribution in [2.24, 2.45) is 16.5 Å². The quantitative estimate of drug-likeness (QED) is 0.267. The number of hydrogen-bond acceptors (Lipinski definition) is 12. The number of carbonyl (C=O) groups excluding carboxylic acids is 3. The maximum Gasteiger partial charge on any atom is 0.347 e. The Balaban J connectivity index is 1.45. The van der Waals surface area contributed by atoms with Gasteiger partial charge in [-0.3, -0.25) is 19.7 Å². The van der Waals surface area contributed by atoms with Crippen LogP contribution in [0.5, 0.6) is 11.5 Å². The summed E-state index contributed by atoms with van der Waals surface area (Å²) in [5.41, 5.74) is 11.6. The van der Waals surface area contributed by atoms with Crippen molar-refractivity contribution in [1.29, 1.82) is 0 Å². The van der Waals surface area contributed by atoms with Crippen LogP contribution >= 0.6 is 0 Å². The fraction of sp³-hybridized carbons (Fsp3) is 0.409. The van der Waals surface area contributed by atoms with Gasteiger partial charge in [0, 0.05) is 12.5 Å². The number of methoxy groups -OCH3 is 1. The van der Waals surface area contributed by atoms with Crippen molar-refractivity contribution in [3.05, 3.63) is 33.2 Å². The van der Waals surface area contributed by atoms with E-state index in [4.69, 9.17) is 30.1 Å². The van der Waals surface area contributed by atoms with Crippen LogP contribution in [0, 0.1) is 0 Å². The predicted molar refractivity (Wildman–Crippen MR) is 119 cm³/mol. The van der Waals surface area contributed by atoms with Crippen LogP contribution in [-0.2, 0) is 20.7 Å². The van der Waals surface area contributed by atoms with E-state index in [1.165, 1.54) is 7.11 Å². The molecule has 14 nitrogen and oxygen atoms in total. The molecule has 0 bridgehead atoms.